The fourth-order valence-electron chi connectivity index (χ4n) is 3.82. The van der Waals surface area contributed by atoms with Gasteiger partial charge < -0.3 is 10.0 Å². The van der Waals surface area contributed by atoms with E-state index in [1.165, 1.54) is 6.26 Å². The van der Waals surface area contributed by atoms with E-state index in [1.54, 1.807) is 4.31 Å². The molecule has 3 heterocycles. The van der Waals surface area contributed by atoms with Crippen LogP contribution in [0, 0.1) is 5.92 Å². The SMILES string of the molecule is CS(=O)(=O)N1CCCC(CN2CCCC(n3cc(CO)nn3)C2)C1. The van der Waals surface area contributed by atoms with E-state index in [4.69, 9.17) is 5.11 Å². The van der Waals surface area contributed by atoms with Crippen molar-refractivity contribution in [3.8, 4) is 0 Å². The fraction of sp³-hybridized carbons (Fsp3) is 0.867. The highest BCUT2D eigenvalue weighted by Crippen LogP contribution is 2.25. The Labute approximate surface area is 143 Å². The summed E-state index contributed by atoms with van der Waals surface area (Å²) in [4.78, 5) is 2.42. The number of aliphatic hydroxyl groups is 1. The molecule has 2 aliphatic heterocycles. The molecule has 2 saturated heterocycles. The number of hydrogen-bond donors (Lipinski definition) is 1. The number of rotatable bonds is 5. The normalized spacial score (nSPS) is 27.4. The summed E-state index contributed by atoms with van der Waals surface area (Å²) in [6.45, 7) is 4.10. The maximum atomic E-state index is 11.8. The molecule has 1 aromatic rings. The smallest absolute Gasteiger partial charge is 0.211 e. The van der Waals surface area contributed by atoms with Gasteiger partial charge in [-0.15, -0.1) is 5.10 Å². The van der Waals surface area contributed by atoms with Gasteiger partial charge in [-0.25, -0.2) is 17.4 Å². The van der Waals surface area contributed by atoms with E-state index in [9.17, 15) is 8.42 Å². The van der Waals surface area contributed by atoms with Crippen LogP contribution in [-0.2, 0) is 16.6 Å². The third-order valence-electron chi connectivity index (χ3n) is 5.04. The van der Waals surface area contributed by atoms with E-state index >= 15 is 0 Å². The van der Waals surface area contributed by atoms with Gasteiger partial charge in [-0.1, -0.05) is 5.21 Å². The number of sulfonamides is 1. The lowest BCUT2D eigenvalue weighted by Crippen LogP contribution is -2.45. The number of aromatic nitrogens is 3. The molecular weight excluding hydrogens is 330 g/mol. The van der Waals surface area contributed by atoms with Crippen molar-refractivity contribution in [1.82, 2.24) is 24.2 Å². The Morgan fingerprint density at radius 2 is 2.04 bits per heavy atom. The summed E-state index contributed by atoms with van der Waals surface area (Å²) in [6.07, 6.45) is 7.31. The summed E-state index contributed by atoms with van der Waals surface area (Å²) in [6, 6.07) is 0.279. The molecule has 0 spiro atoms. The van der Waals surface area contributed by atoms with Gasteiger partial charge in [-0.05, 0) is 38.1 Å². The van der Waals surface area contributed by atoms with Crippen molar-refractivity contribution >= 4 is 10.0 Å². The molecule has 136 valence electrons. The second-order valence-corrected chi connectivity index (χ2v) is 9.02. The molecule has 9 heteroatoms. The lowest BCUT2D eigenvalue weighted by Gasteiger charge is -2.37. The van der Waals surface area contributed by atoms with Crippen LogP contribution in [0.3, 0.4) is 0 Å². The predicted molar refractivity (Wildman–Crippen MR) is 89.8 cm³/mol. The van der Waals surface area contributed by atoms with Crippen molar-refractivity contribution in [1.29, 1.82) is 0 Å². The number of aliphatic hydroxyl groups excluding tert-OH is 1. The van der Waals surface area contributed by atoms with Crippen molar-refractivity contribution in [2.75, 3.05) is 39.0 Å². The van der Waals surface area contributed by atoms with Crippen LogP contribution in [0.25, 0.3) is 0 Å². The zero-order valence-corrected chi connectivity index (χ0v) is 15.0. The molecule has 8 nitrogen and oxygen atoms in total. The minimum Gasteiger partial charge on any atom is -0.390 e. The summed E-state index contributed by atoms with van der Waals surface area (Å²) >= 11 is 0. The maximum absolute atomic E-state index is 11.8. The molecule has 0 aromatic carbocycles. The second-order valence-electron chi connectivity index (χ2n) is 7.03. The summed E-state index contributed by atoms with van der Waals surface area (Å²) in [7, 11) is -3.08. The Kier molecular flexibility index (Phi) is 5.53. The molecule has 2 fully saturated rings. The third-order valence-corrected chi connectivity index (χ3v) is 6.31. The Bertz CT molecular complexity index is 647. The van der Waals surface area contributed by atoms with Gasteiger partial charge in [0, 0.05) is 26.2 Å². The molecule has 0 aliphatic carbocycles. The Morgan fingerprint density at radius 1 is 1.25 bits per heavy atom. The quantitative estimate of drug-likeness (QED) is 0.802. The Hall–Kier alpha value is -1.03. The standard InChI is InChI=1S/C15H27N5O3S/c1-24(22,23)19-7-2-4-13(9-19)8-18-6-3-5-15(11-18)20-10-14(12-21)16-17-20/h10,13,15,21H,2-9,11-12H2,1H3. The average Bonchev–Trinajstić information content (AvgIpc) is 3.04. The zero-order valence-electron chi connectivity index (χ0n) is 14.2. The minimum atomic E-state index is -3.08. The zero-order chi connectivity index (χ0) is 17.2. The molecular formula is C15H27N5O3S. The van der Waals surface area contributed by atoms with Crippen molar-refractivity contribution in [2.24, 2.45) is 5.92 Å². The van der Waals surface area contributed by atoms with E-state index in [0.29, 0.717) is 24.7 Å². The van der Waals surface area contributed by atoms with Crippen molar-refractivity contribution < 1.29 is 13.5 Å². The monoisotopic (exact) mass is 357 g/mol. The molecule has 0 bridgehead atoms. The molecule has 0 amide bonds. The lowest BCUT2D eigenvalue weighted by molar-refractivity contribution is 0.126. The molecule has 0 radical (unpaired) electrons. The van der Waals surface area contributed by atoms with Crippen LogP contribution in [0.5, 0.6) is 0 Å². The topological polar surface area (TPSA) is 91.6 Å². The molecule has 2 aliphatic rings. The molecule has 0 saturated carbocycles. The van der Waals surface area contributed by atoms with Crippen LogP contribution in [0.4, 0.5) is 0 Å². The lowest BCUT2D eigenvalue weighted by atomic mass is 9.97. The Morgan fingerprint density at radius 3 is 2.75 bits per heavy atom. The van der Waals surface area contributed by atoms with Crippen LogP contribution < -0.4 is 0 Å². The first-order valence-electron chi connectivity index (χ1n) is 8.64. The fourth-order valence-corrected chi connectivity index (χ4v) is 4.76. The van der Waals surface area contributed by atoms with Gasteiger partial charge in [-0.3, -0.25) is 0 Å². The first-order chi connectivity index (χ1) is 11.5. The van der Waals surface area contributed by atoms with E-state index in [0.717, 1.165) is 45.3 Å². The van der Waals surface area contributed by atoms with Crippen molar-refractivity contribution in [2.45, 2.75) is 38.3 Å². The van der Waals surface area contributed by atoms with Gasteiger partial charge in [0.05, 0.1) is 25.1 Å². The number of hydrogen-bond acceptors (Lipinski definition) is 6. The van der Waals surface area contributed by atoms with Crippen molar-refractivity contribution in [3.63, 3.8) is 0 Å². The highest BCUT2D eigenvalue weighted by Gasteiger charge is 2.29. The highest BCUT2D eigenvalue weighted by atomic mass is 32.2. The van der Waals surface area contributed by atoms with Crippen LogP contribution in [0.15, 0.2) is 6.20 Å². The van der Waals surface area contributed by atoms with Gasteiger partial charge in [-0.2, -0.15) is 0 Å². The summed E-state index contributed by atoms with van der Waals surface area (Å²) in [5.74, 6) is 0.399. The number of piperidine rings is 2. The molecule has 2 atom stereocenters. The van der Waals surface area contributed by atoms with E-state index in [2.05, 4.69) is 15.2 Å². The highest BCUT2D eigenvalue weighted by molar-refractivity contribution is 7.88. The van der Waals surface area contributed by atoms with Crippen LogP contribution in [0.2, 0.25) is 0 Å². The van der Waals surface area contributed by atoms with Gasteiger partial charge in [0.2, 0.25) is 10.0 Å². The largest absolute Gasteiger partial charge is 0.390 e. The van der Waals surface area contributed by atoms with Crippen LogP contribution in [0.1, 0.15) is 37.4 Å². The Balaban J connectivity index is 1.57. The van der Waals surface area contributed by atoms with Crippen molar-refractivity contribution in [3.05, 3.63) is 11.9 Å². The van der Waals surface area contributed by atoms with E-state index in [-0.39, 0.29) is 12.6 Å². The van der Waals surface area contributed by atoms with Gasteiger partial charge in [0.1, 0.15) is 5.69 Å². The molecule has 3 rings (SSSR count). The number of nitrogens with zero attached hydrogens (tertiary/aromatic N) is 5. The van der Waals surface area contributed by atoms with Crippen LogP contribution >= 0.6 is 0 Å². The minimum absolute atomic E-state index is 0.0835. The van der Waals surface area contributed by atoms with Gasteiger partial charge in [0.25, 0.3) is 0 Å². The first kappa shape index (κ1) is 17.8. The van der Waals surface area contributed by atoms with E-state index in [1.807, 2.05) is 10.9 Å². The summed E-state index contributed by atoms with van der Waals surface area (Å²) in [5.41, 5.74) is 0.600. The predicted octanol–water partition coefficient (Wildman–Crippen LogP) is 0.0789. The third kappa shape index (κ3) is 4.33. The summed E-state index contributed by atoms with van der Waals surface area (Å²) < 4.78 is 27.0. The molecule has 2 unspecified atom stereocenters. The van der Waals surface area contributed by atoms with Crippen LogP contribution in [-0.4, -0.2) is 76.7 Å². The molecule has 1 N–H and O–H groups in total. The first-order valence-corrected chi connectivity index (χ1v) is 10.5. The summed E-state index contributed by atoms with van der Waals surface area (Å²) in [5, 5.41) is 17.2. The maximum Gasteiger partial charge on any atom is 0.211 e. The second kappa shape index (κ2) is 7.47. The van der Waals surface area contributed by atoms with Gasteiger partial charge >= 0.3 is 0 Å². The molecule has 24 heavy (non-hydrogen) atoms. The molecule has 1 aromatic heterocycles. The number of likely N-dealkylation sites (tertiary alicyclic amines) is 1. The van der Waals surface area contributed by atoms with E-state index < -0.39 is 10.0 Å². The average molecular weight is 357 g/mol. The van der Waals surface area contributed by atoms with Gasteiger partial charge in [0.15, 0.2) is 0 Å².